The number of anilines is 2. The minimum Gasteiger partial charge on any atom is -0.351 e. The van der Waals surface area contributed by atoms with Crippen molar-refractivity contribution in [3.8, 4) is 78.7 Å². The van der Waals surface area contributed by atoms with Crippen molar-refractivity contribution >= 4 is 38.6 Å². The van der Waals surface area contributed by atoms with Gasteiger partial charge in [-0.2, -0.15) is 0 Å². The van der Waals surface area contributed by atoms with E-state index in [9.17, 15) is 0 Å². The molecule has 0 fully saturated rings. The monoisotopic (exact) mass is 820 g/mol. The highest BCUT2D eigenvalue weighted by Gasteiger charge is 2.20. The Bertz CT molecular complexity index is 3380. The molecule has 11 aromatic rings. The van der Waals surface area contributed by atoms with Crippen LogP contribution >= 0.6 is 0 Å². The van der Waals surface area contributed by atoms with Gasteiger partial charge in [0.1, 0.15) is 5.69 Å². The highest BCUT2D eigenvalue weighted by atomic mass is 15.0. The summed E-state index contributed by atoms with van der Waals surface area (Å²) in [5, 5.41) is 8.28. The molecule has 1 aromatic heterocycles. The van der Waals surface area contributed by atoms with Crippen LogP contribution in [0.15, 0.2) is 231 Å². The van der Waals surface area contributed by atoms with Crippen LogP contribution in [-0.2, 0) is 0 Å². The molecule has 1 heterocycles. The second kappa shape index (κ2) is 16.7. The van der Waals surface area contributed by atoms with Crippen LogP contribution in [0.1, 0.15) is 0 Å². The minimum absolute atomic E-state index is 0.629. The summed E-state index contributed by atoms with van der Waals surface area (Å²) >= 11 is 0. The Balaban J connectivity index is 1.01. The van der Waals surface area contributed by atoms with E-state index in [0.717, 1.165) is 61.6 Å². The van der Waals surface area contributed by atoms with E-state index in [1.165, 1.54) is 38.2 Å². The van der Waals surface area contributed by atoms with Gasteiger partial charge in [-0.3, -0.25) is 0 Å². The first kappa shape index (κ1) is 38.4. The van der Waals surface area contributed by atoms with Crippen LogP contribution in [0.3, 0.4) is 0 Å². The number of aromatic nitrogens is 3. The Morgan fingerprint density at radius 1 is 0.312 bits per heavy atom. The van der Waals surface area contributed by atoms with Gasteiger partial charge in [0.15, 0.2) is 23.2 Å². The highest BCUT2D eigenvalue weighted by Crippen LogP contribution is 2.46. The number of rotatable bonds is 9. The van der Waals surface area contributed by atoms with Gasteiger partial charge in [-0.1, -0.05) is 206 Å². The lowest BCUT2D eigenvalue weighted by atomic mass is 9.83. The standard InChI is InChI=1S/C59H41N5/c60-53-38-47(34-37-54(53)61-48-20-8-3-9-21-48)39-24-26-42(27-25-39)51-35-32-40-14-10-12-22-49(40)55(51)56-50-23-13-11-15-41(50)33-36-52(56)43-28-30-46(31-29-43)59-63-57(44-16-4-1-5-17-44)62-58(64-59)45-18-6-2-7-19-45/h1-38,61H,60H2/p+1. The molecule has 64 heavy (non-hydrogen) atoms. The fourth-order valence-corrected chi connectivity index (χ4v) is 8.71. The Hall–Kier alpha value is -8.51. The van der Waals surface area contributed by atoms with Crippen molar-refractivity contribution in [2.75, 3.05) is 5.32 Å². The van der Waals surface area contributed by atoms with Gasteiger partial charge >= 0.3 is 0 Å². The number of quaternary nitrogens is 1. The van der Waals surface area contributed by atoms with E-state index in [2.05, 4.69) is 163 Å². The van der Waals surface area contributed by atoms with Gasteiger partial charge in [0.05, 0.1) is 0 Å². The van der Waals surface area contributed by atoms with Crippen LogP contribution in [0.2, 0.25) is 0 Å². The Labute approximate surface area is 372 Å². The molecule has 0 saturated heterocycles. The maximum atomic E-state index is 5.01. The van der Waals surface area contributed by atoms with E-state index in [1.807, 2.05) is 78.9 Å². The summed E-state index contributed by atoms with van der Waals surface area (Å²) in [7, 11) is 0. The maximum Gasteiger partial charge on any atom is 0.164 e. The summed E-state index contributed by atoms with van der Waals surface area (Å²) in [6.45, 7) is 0. The van der Waals surface area contributed by atoms with Crippen molar-refractivity contribution in [3.05, 3.63) is 231 Å². The predicted octanol–water partition coefficient (Wildman–Crippen LogP) is 14.5. The average molecular weight is 821 g/mol. The molecular formula is C59H42N5+. The summed E-state index contributed by atoms with van der Waals surface area (Å²) in [5.41, 5.74) is 19.4. The molecule has 0 saturated carbocycles. The van der Waals surface area contributed by atoms with Crippen LogP contribution in [0.25, 0.3) is 100 Å². The van der Waals surface area contributed by atoms with E-state index >= 15 is 0 Å². The van der Waals surface area contributed by atoms with Crippen LogP contribution in [0.4, 0.5) is 17.1 Å². The number of nitrogens with one attached hydrogen (secondary N) is 1. The molecule has 0 atom stereocenters. The molecule has 0 spiro atoms. The van der Waals surface area contributed by atoms with Gasteiger partial charge in [-0.15, -0.1) is 0 Å². The first-order chi connectivity index (χ1) is 31.6. The third kappa shape index (κ3) is 7.47. The van der Waals surface area contributed by atoms with Crippen molar-refractivity contribution in [3.63, 3.8) is 0 Å². The molecule has 10 aromatic carbocycles. The van der Waals surface area contributed by atoms with Crippen LogP contribution in [0, 0.1) is 0 Å². The molecule has 0 bridgehead atoms. The molecule has 302 valence electrons. The molecule has 11 rings (SSSR count). The first-order valence-electron chi connectivity index (χ1n) is 21.5. The zero-order valence-corrected chi connectivity index (χ0v) is 35.0. The summed E-state index contributed by atoms with van der Waals surface area (Å²) in [4.78, 5) is 14.9. The quantitative estimate of drug-likeness (QED) is 0.152. The zero-order valence-electron chi connectivity index (χ0n) is 35.0. The van der Waals surface area contributed by atoms with Crippen molar-refractivity contribution in [1.82, 2.24) is 15.0 Å². The predicted molar refractivity (Wildman–Crippen MR) is 265 cm³/mol. The van der Waals surface area contributed by atoms with Crippen LogP contribution in [0.5, 0.6) is 0 Å². The van der Waals surface area contributed by atoms with Crippen LogP contribution in [-0.4, -0.2) is 15.0 Å². The lowest BCUT2D eigenvalue weighted by Gasteiger charge is -2.20. The first-order valence-corrected chi connectivity index (χ1v) is 21.5. The molecule has 0 aliphatic carbocycles. The maximum absolute atomic E-state index is 5.01. The molecule has 0 aliphatic rings. The van der Waals surface area contributed by atoms with E-state index in [0.29, 0.717) is 17.5 Å². The normalized spacial score (nSPS) is 11.2. The molecule has 0 radical (unpaired) electrons. The molecule has 5 heteroatoms. The van der Waals surface area contributed by atoms with Crippen LogP contribution < -0.4 is 11.1 Å². The van der Waals surface area contributed by atoms with Crippen molar-refractivity contribution in [2.24, 2.45) is 0 Å². The van der Waals surface area contributed by atoms with Gasteiger partial charge in [0.2, 0.25) is 0 Å². The largest absolute Gasteiger partial charge is 0.351 e. The van der Waals surface area contributed by atoms with Gasteiger partial charge in [0, 0.05) is 28.4 Å². The lowest BCUT2D eigenvalue weighted by Crippen LogP contribution is -2.40. The number of para-hydroxylation sites is 1. The fourth-order valence-electron chi connectivity index (χ4n) is 8.71. The smallest absolute Gasteiger partial charge is 0.164 e. The topological polar surface area (TPSA) is 78.3 Å². The molecular weight excluding hydrogens is 779 g/mol. The minimum atomic E-state index is 0.629. The molecule has 4 N–H and O–H groups in total. The Morgan fingerprint density at radius 3 is 1.19 bits per heavy atom. The highest BCUT2D eigenvalue weighted by molar-refractivity contribution is 6.15. The SMILES string of the molecule is [NH3+]c1cc(-c2ccc(-c3ccc4ccccc4c3-c3c(-c4ccc(-c5nc(-c6ccccc6)nc(-c6ccccc6)n5)cc4)ccc4ccccc34)cc2)ccc1Nc1ccccc1. The fraction of sp³-hybridized carbons (Fsp3) is 0. The Kier molecular flexibility index (Phi) is 10.1. The van der Waals surface area contributed by atoms with E-state index in [1.54, 1.807) is 0 Å². The van der Waals surface area contributed by atoms with Gasteiger partial charge < -0.3 is 11.1 Å². The molecule has 5 nitrogen and oxygen atoms in total. The third-order valence-corrected chi connectivity index (χ3v) is 11.9. The summed E-state index contributed by atoms with van der Waals surface area (Å²) in [6.07, 6.45) is 0. The number of nitrogens with zero attached hydrogens (tertiary/aromatic N) is 3. The summed E-state index contributed by atoms with van der Waals surface area (Å²) in [5.74, 6) is 1.91. The van der Waals surface area contributed by atoms with E-state index in [4.69, 9.17) is 15.0 Å². The Morgan fingerprint density at radius 2 is 0.703 bits per heavy atom. The van der Waals surface area contributed by atoms with Gasteiger partial charge in [0.25, 0.3) is 0 Å². The van der Waals surface area contributed by atoms with Crippen molar-refractivity contribution in [1.29, 1.82) is 0 Å². The number of hydrogen-bond acceptors (Lipinski definition) is 4. The van der Waals surface area contributed by atoms with Crippen molar-refractivity contribution in [2.45, 2.75) is 0 Å². The molecule has 0 amide bonds. The van der Waals surface area contributed by atoms with E-state index in [-0.39, 0.29) is 0 Å². The van der Waals surface area contributed by atoms with Crippen molar-refractivity contribution < 1.29 is 5.73 Å². The van der Waals surface area contributed by atoms with E-state index < -0.39 is 0 Å². The van der Waals surface area contributed by atoms with Gasteiger partial charge in [-0.05, 0) is 84.3 Å². The lowest BCUT2D eigenvalue weighted by molar-refractivity contribution is -0.253. The second-order valence-corrected chi connectivity index (χ2v) is 16.0. The molecule has 0 unspecified atom stereocenters. The third-order valence-electron chi connectivity index (χ3n) is 11.9. The second-order valence-electron chi connectivity index (χ2n) is 16.0. The summed E-state index contributed by atoms with van der Waals surface area (Å²) in [6, 6.07) is 81.0. The average Bonchev–Trinajstić information content (AvgIpc) is 3.37. The zero-order chi connectivity index (χ0) is 42.8. The molecule has 0 aliphatic heterocycles. The number of benzene rings is 10. The number of hydrogen-bond donors (Lipinski definition) is 2. The van der Waals surface area contributed by atoms with Gasteiger partial charge in [-0.25, -0.2) is 15.0 Å². The number of fused-ring (bicyclic) bond motifs is 2. The summed E-state index contributed by atoms with van der Waals surface area (Å²) < 4.78 is 0.